The largest absolute Gasteiger partial charge is 0.378 e. The number of hydrogen-bond acceptors (Lipinski definition) is 3. The van der Waals surface area contributed by atoms with E-state index in [1.165, 1.54) is 0 Å². The Morgan fingerprint density at radius 3 is 2.89 bits per heavy atom. The second-order valence-corrected chi connectivity index (χ2v) is 3.91. The summed E-state index contributed by atoms with van der Waals surface area (Å²) in [4.78, 5) is 3.16. The zero-order valence-corrected chi connectivity index (χ0v) is 9.74. The van der Waals surface area contributed by atoms with Gasteiger partial charge in [0, 0.05) is 11.9 Å². The molecule has 90 valence electrons. The van der Waals surface area contributed by atoms with Crippen LogP contribution in [-0.2, 0) is 6.54 Å². The number of nitrogens with zero attached hydrogens (tertiary/aromatic N) is 3. The normalized spacial score (nSPS) is 10.4. The fraction of sp³-hybridized carbons (Fsp3) is 0.0769. The van der Waals surface area contributed by atoms with Crippen molar-refractivity contribution in [2.75, 3.05) is 5.32 Å². The van der Waals surface area contributed by atoms with Gasteiger partial charge >= 0.3 is 0 Å². The highest BCUT2D eigenvalue weighted by atomic mass is 15.4. The molecule has 2 N–H and O–H groups in total. The number of H-pyrrole nitrogens is 1. The first-order valence-corrected chi connectivity index (χ1v) is 5.75. The highest BCUT2D eigenvalue weighted by Crippen LogP contribution is 2.19. The minimum Gasteiger partial charge on any atom is -0.378 e. The van der Waals surface area contributed by atoms with Gasteiger partial charge in [0.1, 0.15) is 0 Å². The second kappa shape index (κ2) is 4.75. The Hall–Kier alpha value is -2.56. The molecule has 0 aliphatic carbocycles. The lowest BCUT2D eigenvalue weighted by Gasteiger charge is -2.10. The minimum atomic E-state index is 0.749. The van der Waals surface area contributed by atoms with Crippen LogP contribution in [0.1, 0.15) is 5.69 Å². The molecule has 0 bridgehead atoms. The van der Waals surface area contributed by atoms with Gasteiger partial charge in [-0.3, -0.25) is 0 Å². The molecule has 0 saturated heterocycles. The van der Waals surface area contributed by atoms with Gasteiger partial charge in [0.15, 0.2) is 0 Å². The Bertz CT molecular complexity index is 598. The Morgan fingerprint density at radius 2 is 2.11 bits per heavy atom. The topological polar surface area (TPSA) is 58.5 Å². The molecule has 0 saturated carbocycles. The number of benzene rings is 1. The molecule has 0 amide bonds. The summed E-state index contributed by atoms with van der Waals surface area (Å²) >= 11 is 0. The number of nitrogens with one attached hydrogen (secondary N) is 2. The third-order valence-corrected chi connectivity index (χ3v) is 2.71. The predicted molar refractivity (Wildman–Crippen MR) is 69.5 cm³/mol. The lowest BCUT2D eigenvalue weighted by atomic mass is 10.2. The molecule has 2 heterocycles. The number of anilines is 1. The predicted octanol–water partition coefficient (Wildman–Crippen LogP) is 2.21. The summed E-state index contributed by atoms with van der Waals surface area (Å²) in [6.07, 6.45) is 5.41. The summed E-state index contributed by atoms with van der Waals surface area (Å²) in [5.74, 6) is 0. The molecule has 0 atom stereocenters. The smallest absolute Gasteiger partial charge is 0.0894 e. The van der Waals surface area contributed by atoms with E-state index in [-0.39, 0.29) is 0 Å². The molecular weight excluding hydrogens is 226 g/mol. The molecule has 3 rings (SSSR count). The van der Waals surface area contributed by atoms with Crippen molar-refractivity contribution < 1.29 is 0 Å². The van der Waals surface area contributed by atoms with Crippen molar-refractivity contribution in [3.8, 4) is 5.69 Å². The Labute approximate surface area is 104 Å². The van der Waals surface area contributed by atoms with E-state index in [1.807, 2.05) is 48.8 Å². The summed E-state index contributed by atoms with van der Waals surface area (Å²) in [6.45, 7) is 0.749. The van der Waals surface area contributed by atoms with Crippen LogP contribution in [0.2, 0.25) is 0 Å². The lowest BCUT2D eigenvalue weighted by Crippen LogP contribution is -2.05. The van der Waals surface area contributed by atoms with E-state index in [2.05, 4.69) is 20.6 Å². The molecule has 0 radical (unpaired) electrons. The standard InChI is InChI=1S/C13H13N5/c1-2-6-13(18-9-8-16-17-18)12(5-1)15-10-11-4-3-7-14-11/h1-9,14-15H,10H2. The maximum Gasteiger partial charge on any atom is 0.0894 e. The molecule has 1 aromatic carbocycles. The maximum atomic E-state index is 4.01. The van der Waals surface area contributed by atoms with Crippen LogP contribution in [0.5, 0.6) is 0 Å². The quantitative estimate of drug-likeness (QED) is 0.733. The van der Waals surface area contributed by atoms with Gasteiger partial charge in [0.25, 0.3) is 0 Å². The summed E-state index contributed by atoms with van der Waals surface area (Å²) in [6, 6.07) is 12.0. The SMILES string of the molecule is c1c[nH]c(CNc2ccccc2-n2ccnn2)c1. The van der Waals surface area contributed by atoms with Gasteiger partial charge in [-0.25, -0.2) is 4.68 Å². The van der Waals surface area contributed by atoms with Crippen molar-refractivity contribution in [1.82, 2.24) is 20.0 Å². The first-order chi connectivity index (χ1) is 8.93. The van der Waals surface area contributed by atoms with E-state index in [0.29, 0.717) is 0 Å². The van der Waals surface area contributed by atoms with E-state index in [9.17, 15) is 0 Å². The van der Waals surface area contributed by atoms with Crippen molar-refractivity contribution >= 4 is 5.69 Å². The second-order valence-electron chi connectivity index (χ2n) is 3.91. The Morgan fingerprint density at radius 1 is 1.17 bits per heavy atom. The fourth-order valence-electron chi connectivity index (χ4n) is 1.83. The van der Waals surface area contributed by atoms with Gasteiger partial charge in [-0.05, 0) is 24.3 Å². The van der Waals surface area contributed by atoms with Gasteiger partial charge < -0.3 is 10.3 Å². The number of aromatic nitrogens is 4. The summed E-state index contributed by atoms with van der Waals surface area (Å²) in [5.41, 5.74) is 3.16. The van der Waals surface area contributed by atoms with Gasteiger partial charge in [0.2, 0.25) is 0 Å². The zero-order chi connectivity index (χ0) is 12.2. The summed E-state index contributed by atoms with van der Waals surface area (Å²) < 4.78 is 1.75. The first kappa shape index (κ1) is 10.6. The molecule has 0 aliphatic heterocycles. The van der Waals surface area contributed by atoms with Gasteiger partial charge in [-0.2, -0.15) is 0 Å². The van der Waals surface area contributed by atoms with E-state index < -0.39 is 0 Å². The number of aromatic amines is 1. The van der Waals surface area contributed by atoms with Crippen molar-refractivity contribution in [3.63, 3.8) is 0 Å². The van der Waals surface area contributed by atoms with Crippen LogP contribution in [0.4, 0.5) is 5.69 Å². The molecule has 0 spiro atoms. The van der Waals surface area contributed by atoms with Crippen molar-refractivity contribution in [2.24, 2.45) is 0 Å². The van der Waals surface area contributed by atoms with Gasteiger partial charge in [0.05, 0.1) is 30.3 Å². The Balaban J connectivity index is 1.84. The van der Waals surface area contributed by atoms with Crippen LogP contribution < -0.4 is 5.32 Å². The molecule has 0 aliphatic rings. The van der Waals surface area contributed by atoms with Crippen LogP contribution in [0.25, 0.3) is 5.69 Å². The van der Waals surface area contributed by atoms with Crippen LogP contribution in [0.3, 0.4) is 0 Å². The van der Waals surface area contributed by atoms with Crippen molar-refractivity contribution in [3.05, 3.63) is 60.7 Å². The van der Waals surface area contributed by atoms with Crippen molar-refractivity contribution in [1.29, 1.82) is 0 Å². The zero-order valence-electron chi connectivity index (χ0n) is 9.74. The fourth-order valence-corrected chi connectivity index (χ4v) is 1.83. The molecule has 0 unspecified atom stereocenters. The minimum absolute atomic E-state index is 0.749. The van der Waals surface area contributed by atoms with E-state index in [4.69, 9.17) is 0 Å². The molecular formula is C13H13N5. The molecule has 18 heavy (non-hydrogen) atoms. The molecule has 0 fully saturated rings. The van der Waals surface area contributed by atoms with Crippen LogP contribution in [-0.4, -0.2) is 20.0 Å². The Kier molecular flexibility index (Phi) is 2.79. The first-order valence-electron chi connectivity index (χ1n) is 5.75. The number of hydrogen-bond donors (Lipinski definition) is 2. The highest BCUT2D eigenvalue weighted by Gasteiger charge is 2.04. The van der Waals surface area contributed by atoms with Crippen LogP contribution >= 0.6 is 0 Å². The highest BCUT2D eigenvalue weighted by molar-refractivity contribution is 5.60. The monoisotopic (exact) mass is 239 g/mol. The van der Waals surface area contributed by atoms with E-state index >= 15 is 0 Å². The van der Waals surface area contributed by atoms with Gasteiger partial charge in [-0.15, -0.1) is 5.10 Å². The molecule has 5 heteroatoms. The molecule has 2 aromatic heterocycles. The number of para-hydroxylation sites is 2. The lowest BCUT2D eigenvalue weighted by molar-refractivity contribution is 0.803. The molecule has 5 nitrogen and oxygen atoms in total. The van der Waals surface area contributed by atoms with E-state index in [1.54, 1.807) is 10.9 Å². The van der Waals surface area contributed by atoms with Gasteiger partial charge in [-0.1, -0.05) is 17.3 Å². The van der Waals surface area contributed by atoms with Crippen molar-refractivity contribution in [2.45, 2.75) is 6.54 Å². The summed E-state index contributed by atoms with van der Waals surface area (Å²) in [7, 11) is 0. The average molecular weight is 239 g/mol. The molecule has 3 aromatic rings. The average Bonchev–Trinajstić information content (AvgIpc) is 3.10. The summed E-state index contributed by atoms with van der Waals surface area (Å²) in [5, 5.41) is 11.2. The van der Waals surface area contributed by atoms with Crippen LogP contribution in [0.15, 0.2) is 55.0 Å². The number of rotatable bonds is 4. The van der Waals surface area contributed by atoms with E-state index in [0.717, 1.165) is 23.6 Å². The third kappa shape index (κ3) is 2.10. The maximum absolute atomic E-state index is 4.01. The third-order valence-electron chi connectivity index (χ3n) is 2.71. The van der Waals surface area contributed by atoms with Crippen LogP contribution in [0, 0.1) is 0 Å².